The van der Waals surface area contributed by atoms with Crippen LogP contribution in [0.4, 0.5) is 0 Å². The van der Waals surface area contributed by atoms with Gasteiger partial charge >= 0.3 is 0 Å². The van der Waals surface area contributed by atoms with Crippen LogP contribution in [-0.2, 0) is 4.74 Å². The van der Waals surface area contributed by atoms with Crippen LogP contribution in [0.2, 0.25) is 0 Å². The summed E-state index contributed by atoms with van der Waals surface area (Å²) in [4.78, 5) is 0. The lowest BCUT2D eigenvalue weighted by molar-refractivity contribution is -0.168. The summed E-state index contributed by atoms with van der Waals surface area (Å²) in [7, 11) is 0. The highest BCUT2D eigenvalue weighted by Crippen LogP contribution is 2.11. The summed E-state index contributed by atoms with van der Waals surface area (Å²) in [6.45, 7) is 7.83. The smallest absolute Gasteiger partial charge is 0.155 e. The molecule has 0 aliphatic rings. The summed E-state index contributed by atoms with van der Waals surface area (Å²) < 4.78 is 5.23. The normalized spacial score (nSPS) is 15.3. The molecule has 0 heterocycles. The van der Waals surface area contributed by atoms with Gasteiger partial charge in [0, 0.05) is 0 Å². The molecule has 10 heavy (non-hydrogen) atoms. The Morgan fingerprint density at radius 2 is 1.90 bits per heavy atom. The number of hydrogen-bond donors (Lipinski definition) is 1. The third-order valence-corrected chi connectivity index (χ3v) is 1.03. The highest BCUT2D eigenvalue weighted by Gasteiger charge is 2.14. The molecule has 0 amide bonds. The molecule has 1 atom stereocenters. The van der Waals surface area contributed by atoms with Crippen molar-refractivity contribution in [2.75, 3.05) is 0 Å². The summed E-state index contributed by atoms with van der Waals surface area (Å²) in [5.74, 6) is 0. The Balaban J connectivity index is 3.47. The van der Waals surface area contributed by atoms with Crippen LogP contribution >= 0.6 is 0 Å². The van der Waals surface area contributed by atoms with E-state index >= 15 is 0 Å². The van der Waals surface area contributed by atoms with Crippen molar-refractivity contribution in [3.63, 3.8) is 0 Å². The van der Waals surface area contributed by atoms with E-state index in [0.29, 0.717) is 0 Å². The molecule has 0 rings (SSSR count). The molecule has 0 aliphatic carbocycles. The van der Waals surface area contributed by atoms with E-state index in [9.17, 15) is 0 Å². The molecular weight excluding hydrogens is 128 g/mol. The lowest BCUT2D eigenvalue weighted by Crippen LogP contribution is -2.26. The van der Waals surface area contributed by atoms with Gasteiger partial charge in [0.25, 0.3) is 0 Å². The number of aliphatic hydroxyl groups is 1. The number of aliphatic hydroxyl groups excluding tert-OH is 1. The van der Waals surface area contributed by atoms with Gasteiger partial charge in [-0.3, -0.25) is 0 Å². The van der Waals surface area contributed by atoms with Gasteiger partial charge < -0.3 is 9.84 Å². The Morgan fingerprint density at radius 1 is 1.40 bits per heavy atom. The van der Waals surface area contributed by atoms with Crippen LogP contribution in [0.3, 0.4) is 0 Å². The summed E-state index contributed by atoms with van der Waals surface area (Å²) in [6, 6.07) is 0. The topological polar surface area (TPSA) is 29.5 Å². The van der Waals surface area contributed by atoms with E-state index in [2.05, 4.69) is 0 Å². The van der Waals surface area contributed by atoms with Gasteiger partial charge in [0.1, 0.15) is 0 Å². The van der Waals surface area contributed by atoms with Gasteiger partial charge in [-0.25, -0.2) is 0 Å². The van der Waals surface area contributed by atoms with Crippen LogP contribution < -0.4 is 0 Å². The van der Waals surface area contributed by atoms with Crippen LogP contribution in [0.5, 0.6) is 0 Å². The minimum absolute atomic E-state index is 0.228. The van der Waals surface area contributed by atoms with Gasteiger partial charge in [-0.1, -0.05) is 13.3 Å². The highest BCUT2D eigenvalue weighted by molar-refractivity contribution is 4.59. The molecule has 1 N–H and O–H groups in total. The van der Waals surface area contributed by atoms with Crippen molar-refractivity contribution in [1.82, 2.24) is 0 Å². The Hall–Kier alpha value is -0.0800. The molecule has 0 spiro atoms. The minimum Gasteiger partial charge on any atom is -0.368 e. The van der Waals surface area contributed by atoms with Gasteiger partial charge in [0.2, 0.25) is 0 Å². The summed E-state index contributed by atoms with van der Waals surface area (Å²) in [6.07, 6.45) is 1.08. The van der Waals surface area contributed by atoms with Crippen molar-refractivity contribution in [1.29, 1.82) is 0 Å². The predicted molar refractivity (Wildman–Crippen MR) is 41.8 cm³/mol. The van der Waals surface area contributed by atoms with Gasteiger partial charge in [-0.15, -0.1) is 0 Å². The van der Waals surface area contributed by atoms with Gasteiger partial charge in [-0.2, -0.15) is 0 Å². The quantitative estimate of drug-likeness (QED) is 0.616. The number of ether oxygens (including phenoxy) is 1. The van der Waals surface area contributed by atoms with Gasteiger partial charge in [0.15, 0.2) is 6.29 Å². The Kier molecular flexibility index (Phi) is 3.91. The molecule has 0 aromatic carbocycles. The van der Waals surface area contributed by atoms with E-state index in [0.717, 1.165) is 12.8 Å². The van der Waals surface area contributed by atoms with Crippen LogP contribution in [-0.4, -0.2) is 17.0 Å². The van der Waals surface area contributed by atoms with Crippen molar-refractivity contribution in [3.05, 3.63) is 0 Å². The zero-order chi connectivity index (χ0) is 8.20. The molecule has 0 saturated heterocycles. The zero-order valence-electron chi connectivity index (χ0n) is 7.35. The van der Waals surface area contributed by atoms with E-state index in [4.69, 9.17) is 9.84 Å². The second-order valence-corrected chi connectivity index (χ2v) is 3.47. The average molecular weight is 146 g/mol. The zero-order valence-corrected chi connectivity index (χ0v) is 7.35. The number of rotatable bonds is 3. The lowest BCUT2D eigenvalue weighted by atomic mass is 10.2. The molecule has 62 valence electrons. The lowest BCUT2D eigenvalue weighted by Gasteiger charge is -2.23. The van der Waals surface area contributed by atoms with Crippen molar-refractivity contribution < 1.29 is 9.84 Å². The van der Waals surface area contributed by atoms with Crippen molar-refractivity contribution >= 4 is 0 Å². The molecule has 0 fully saturated rings. The first-order chi connectivity index (χ1) is 4.45. The van der Waals surface area contributed by atoms with Crippen LogP contribution in [0.25, 0.3) is 0 Å². The van der Waals surface area contributed by atoms with Gasteiger partial charge in [0.05, 0.1) is 5.60 Å². The maximum Gasteiger partial charge on any atom is 0.155 e. The Morgan fingerprint density at radius 3 is 2.20 bits per heavy atom. The van der Waals surface area contributed by atoms with E-state index < -0.39 is 6.29 Å². The molecule has 0 radical (unpaired) electrons. The first-order valence-electron chi connectivity index (χ1n) is 3.81. The Labute approximate surface area is 63.2 Å². The first kappa shape index (κ1) is 9.92. The van der Waals surface area contributed by atoms with E-state index in [-0.39, 0.29) is 5.60 Å². The number of hydrogen-bond acceptors (Lipinski definition) is 2. The molecule has 0 bridgehead atoms. The van der Waals surface area contributed by atoms with Crippen LogP contribution in [0.1, 0.15) is 40.5 Å². The van der Waals surface area contributed by atoms with Crippen molar-refractivity contribution in [3.8, 4) is 0 Å². The molecule has 2 heteroatoms. The molecular formula is C8H18O2. The summed E-state index contributed by atoms with van der Waals surface area (Å²) in [5, 5.41) is 9.16. The fourth-order valence-electron chi connectivity index (χ4n) is 0.714. The predicted octanol–water partition coefficient (Wildman–Crippen LogP) is 1.92. The molecule has 0 aromatic rings. The Bertz CT molecular complexity index is 83.7. The summed E-state index contributed by atoms with van der Waals surface area (Å²) >= 11 is 0. The molecule has 2 nitrogen and oxygen atoms in total. The minimum atomic E-state index is -0.593. The molecule has 0 saturated carbocycles. The van der Waals surface area contributed by atoms with Crippen molar-refractivity contribution in [2.24, 2.45) is 0 Å². The van der Waals surface area contributed by atoms with Crippen LogP contribution in [0, 0.1) is 0 Å². The maximum absolute atomic E-state index is 9.16. The SMILES string of the molecule is CCCC(O)OC(C)(C)C. The molecule has 1 unspecified atom stereocenters. The van der Waals surface area contributed by atoms with E-state index in [1.165, 1.54) is 0 Å². The fraction of sp³-hybridized carbons (Fsp3) is 1.00. The van der Waals surface area contributed by atoms with Gasteiger partial charge in [-0.05, 0) is 27.2 Å². The van der Waals surface area contributed by atoms with Crippen LogP contribution in [0.15, 0.2) is 0 Å². The fourth-order valence-corrected chi connectivity index (χ4v) is 0.714. The average Bonchev–Trinajstić information content (AvgIpc) is 1.59. The third kappa shape index (κ3) is 6.05. The largest absolute Gasteiger partial charge is 0.368 e. The van der Waals surface area contributed by atoms with E-state index in [1.54, 1.807) is 0 Å². The highest BCUT2D eigenvalue weighted by atomic mass is 16.6. The molecule has 0 aliphatic heterocycles. The second kappa shape index (κ2) is 3.94. The monoisotopic (exact) mass is 146 g/mol. The second-order valence-electron chi connectivity index (χ2n) is 3.47. The first-order valence-corrected chi connectivity index (χ1v) is 3.81. The standard InChI is InChI=1S/C8H18O2/c1-5-6-7(9)10-8(2,3)4/h7,9H,5-6H2,1-4H3. The molecule has 0 aromatic heterocycles. The summed E-state index contributed by atoms with van der Waals surface area (Å²) in [5.41, 5.74) is -0.228. The maximum atomic E-state index is 9.16. The van der Waals surface area contributed by atoms with Crippen molar-refractivity contribution in [2.45, 2.75) is 52.4 Å². The van der Waals surface area contributed by atoms with E-state index in [1.807, 2.05) is 27.7 Å². The third-order valence-electron chi connectivity index (χ3n) is 1.03.